The SMILES string of the molecule is c1ccc(-c2ccc(N(c3ccc(-c4cccnc4)cc3)c3ccc4c(c3)c3c5ccn(-c6ccccc6)c5ccc3n4-c3ccccc3)cc2)cc1. The van der Waals surface area contributed by atoms with E-state index in [4.69, 9.17) is 0 Å². The minimum atomic E-state index is 1.08. The summed E-state index contributed by atoms with van der Waals surface area (Å²) in [5, 5.41) is 3.67. The van der Waals surface area contributed by atoms with Gasteiger partial charge in [0.15, 0.2) is 0 Å². The van der Waals surface area contributed by atoms with Crippen LogP contribution < -0.4 is 4.90 Å². The molecule has 0 fully saturated rings. The monoisotopic (exact) mass is 678 g/mol. The van der Waals surface area contributed by atoms with Crippen molar-refractivity contribution in [1.82, 2.24) is 14.1 Å². The largest absolute Gasteiger partial charge is 0.317 e. The summed E-state index contributed by atoms with van der Waals surface area (Å²) in [5.41, 5.74) is 13.7. The van der Waals surface area contributed by atoms with Crippen LogP contribution in [0.4, 0.5) is 17.1 Å². The van der Waals surface area contributed by atoms with E-state index < -0.39 is 0 Å². The van der Waals surface area contributed by atoms with Crippen molar-refractivity contribution in [2.75, 3.05) is 4.90 Å². The van der Waals surface area contributed by atoms with Crippen molar-refractivity contribution >= 4 is 49.8 Å². The Morgan fingerprint density at radius 2 is 0.943 bits per heavy atom. The molecule has 4 heteroatoms. The number of fused-ring (bicyclic) bond motifs is 5. The summed E-state index contributed by atoms with van der Waals surface area (Å²) in [6.45, 7) is 0. The molecule has 250 valence electrons. The maximum atomic E-state index is 4.35. The average molecular weight is 679 g/mol. The Bertz CT molecular complexity index is 2760. The van der Waals surface area contributed by atoms with Crippen molar-refractivity contribution < 1.29 is 0 Å². The van der Waals surface area contributed by atoms with Crippen LogP contribution in [0.2, 0.25) is 0 Å². The molecule has 7 aromatic carbocycles. The lowest BCUT2D eigenvalue weighted by Crippen LogP contribution is -2.10. The van der Waals surface area contributed by atoms with Crippen molar-refractivity contribution in [2.45, 2.75) is 0 Å². The van der Waals surface area contributed by atoms with E-state index in [1.165, 1.54) is 43.8 Å². The average Bonchev–Trinajstić information content (AvgIpc) is 3.82. The summed E-state index contributed by atoms with van der Waals surface area (Å²) in [5.74, 6) is 0. The lowest BCUT2D eigenvalue weighted by Gasteiger charge is -2.26. The van der Waals surface area contributed by atoms with E-state index in [1.807, 2.05) is 18.5 Å². The fourth-order valence-corrected chi connectivity index (χ4v) is 7.75. The molecule has 0 unspecified atom stereocenters. The van der Waals surface area contributed by atoms with Crippen LogP contribution >= 0.6 is 0 Å². The van der Waals surface area contributed by atoms with Gasteiger partial charge >= 0.3 is 0 Å². The number of rotatable bonds is 7. The fraction of sp³-hybridized carbons (Fsp3) is 0. The van der Waals surface area contributed by atoms with Gasteiger partial charge in [-0.2, -0.15) is 0 Å². The van der Waals surface area contributed by atoms with Crippen LogP contribution in [0.1, 0.15) is 0 Å². The number of hydrogen-bond acceptors (Lipinski definition) is 2. The maximum Gasteiger partial charge on any atom is 0.0548 e. The van der Waals surface area contributed by atoms with E-state index in [-0.39, 0.29) is 0 Å². The second kappa shape index (κ2) is 12.9. The van der Waals surface area contributed by atoms with Gasteiger partial charge in [0.1, 0.15) is 0 Å². The van der Waals surface area contributed by atoms with Crippen molar-refractivity contribution in [3.63, 3.8) is 0 Å². The third-order valence-electron chi connectivity index (χ3n) is 10.2. The normalized spacial score (nSPS) is 11.4. The lowest BCUT2D eigenvalue weighted by atomic mass is 10.0. The number of pyridine rings is 1. The summed E-state index contributed by atoms with van der Waals surface area (Å²) < 4.78 is 4.68. The molecule has 3 heterocycles. The fourth-order valence-electron chi connectivity index (χ4n) is 7.75. The number of anilines is 3. The zero-order chi connectivity index (χ0) is 35.1. The van der Waals surface area contributed by atoms with Crippen LogP contribution in [0.3, 0.4) is 0 Å². The Morgan fingerprint density at radius 1 is 0.396 bits per heavy atom. The molecule has 4 nitrogen and oxygen atoms in total. The third-order valence-corrected chi connectivity index (χ3v) is 10.2. The van der Waals surface area contributed by atoms with E-state index in [9.17, 15) is 0 Å². The van der Waals surface area contributed by atoms with Gasteiger partial charge in [0.2, 0.25) is 0 Å². The summed E-state index contributed by atoms with van der Waals surface area (Å²) in [7, 11) is 0. The third kappa shape index (κ3) is 5.36. The Morgan fingerprint density at radius 3 is 1.60 bits per heavy atom. The topological polar surface area (TPSA) is 26.0 Å². The molecule has 0 N–H and O–H groups in total. The van der Waals surface area contributed by atoms with Gasteiger partial charge in [-0.25, -0.2) is 0 Å². The highest BCUT2D eigenvalue weighted by Gasteiger charge is 2.20. The minimum Gasteiger partial charge on any atom is -0.317 e. The van der Waals surface area contributed by atoms with Gasteiger partial charge in [0.05, 0.1) is 16.6 Å². The highest BCUT2D eigenvalue weighted by atomic mass is 15.1. The first-order valence-electron chi connectivity index (χ1n) is 18.0. The zero-order valence-electron chi connectivity index (χ0n) is 28.9. The van der Waals surface area contributed by atoms with E-state index in [2.05, 4.69) is 207 Å². The lowest BCUT2D eigenvalue weighted by molar-refractivity contribution is 1.13. The van der Waals surface area contributed by atoms with Gasteiger partial charge < -0.3 is 14.0 Å². The number of para-hydroxylation sites is 2. The quantitative estimate of drug-likeness (QED) is 0.168. The first-order valence-corrected chi connectivity index (χ1v) is 18.0. The smallest absolute Gasteiger partial charge is 0.0548 e. The molecule has 10 aromatic rings. The predicted molar refractivity (Wildman–Crippen MR) is 221 cm³/mol. The molecule has 0 saturated carbocycles. The number of benzene rings is 7. The van der Waals surface area contributed by atoms with Crippen molar-refractivity contribution in [3.8, 4) is 33.6 Å². The Labute approximate surface area is 308 Å². The molecule has 0 aliphatic rings. The molecule has 3 aromatic heterocycles. The minimum absolute atomic E-state index is 1.08. The van der Waals surface area contributed by atoms with Crippen LogP contribution in [0, 0.1) is 0 Å². The molecular weight excluding hydrogens is 645 g/mol. The maximum absolute atomic E-state index is 4.35. The summed E-state index contributed by atoms with van der Waals surface area (Å²) >= 11 is 0. The van der Waals surface area contributed by atoms with Crippen LogP contribution in [0.5, 0.6) is 0 Å². The van der Waals surface area contributed by atoms with Gasteiger partial charge in [0, 0.05) is 63.2 Å². The van der Waals surface area contributed by atoms with Gasteiger partial charge in [-0.15, -0.1) is 0 Å². The van der Waals surface area contributed by atoms with Gasteiger partial charge in [-0.1, -0.05) is 97.1 Å². The summed E-state index contributed by atoms with van der Waals surface area (Å²) in [6, 6.07) is 67.3. The van der Waals surface area contributed by atoms with Crippen LogP contribution in [-0.4, -0.2) is 14.1 Å². The molecule has 0 aliphatic carbocycles. The summed E-state index contributed by atoms with van der Waals surface area (Å²) in [4.78, 5) is 6.71. The number of hydrogen-bond donors (Lipinski definition) is 0. The highest BCUT2D eigenvalue weighted by molar-refractivity contribution is 6.22. The number of aromatic nitrogens is 3. The Hall–Kier alpha value is -7.17. The molecular formula is C49H34N4. The molecule has 0 saturated heterocycles. The molecule has 0 spiro atoms. The second-order valence-electron chi connectivity index (χ2n) is 13.3. The van der Waals surface area contributed by atoms with Crippen LogP contribution in [0.15, 0.2) is 207 Å². The van der Waals surface area contributed by atoms with Crippen molar-refractivity contribution in [1.29, 1.82) is 0 Å². The Kier molecular flexibility index (Phi) is 7.43. The first-order chi connectivity index (χ1) is 26.3. The number of nitrogens with zero attached hydrogens (tertiary/aromatic N) is 4. The zero-order valence-corrected chi connectivity index (χ0v) is 28.9. The van der Waals surface area contributed by atoms with Crippen molar-refractivity contribution in [2.24, 2.45) is 0 Å². The van der Waals surface area contributed by atoms with Gasteiger partial charge in [-0.3, -0.25) is 4.98 Å². The second-order valence-corrected chi connectivity index (χ2v) is 13.3. The molecule has 10 rings (SSSR count). The highest BCUT2D eigenvalue weighted by Crippen LogP contribution is 2.43. The molecule has 0 bridgehead atoms. The van der Waals surface area contributed by atoms with Crippen molar-refractivity contribution in [3.05, 3.63) is 207 Å². The molecule has 0 radical (unpaired) electrons. The van der Waals surface area contributed by atoms with E-state index in [0.29, 0.717) is 0 Å². The predicted octanol–water partition coefficient (Wildman–Crippen LogP) is 12.9. The summed E-state index contributed by atoms with van der Waals surface area (Å²) in [6.07, 6.45) is 5.92. The van der Waals surface area contributed by atoms with Crippen LogP contribution in [-0.2, 0) is 0 Å². The van der Waals surface area contributed by atoms with E-state index in [0.717, 1.165) is 39.6 Å². The van der Waals surface area contributed by atoms with E-state index in [1.54, 1.807) is 0 Å². The Balaban J connectivity index is 1.19. The van der Waals surface area contributed by atoms with Gasteiger partial charge in [0.25, 0.3) is 0 Å². The molecule has 0 atom stereocenters. The molecule has 53 heavy (non-hydrogen) atoms. The van der Waals surface area contributed by atoms with Crippen LogP contribution in [0.25, 0.3) is 66.3 Å². The van der Waals surface area contributed by atoms with E-state index >= 15 is 0 Å². The standard InChI is InChI=1S/C49H34N4/c1-4-11-35(12-5-1)36-18-22-41(23-19-36)52(42-24-20-37(21-25-42)38-13-10-31-50-34-38)43-26-27-47-45(33-43)49-44-30-32-51(39-14-6-2-7-15-39)46(44)28-29-48(49)53(47)40-16-8-3-9-17-40/h1-34H. The molecule has 0 aliphatic heterocycles. The van der Waals surface area contributed by atoms with Gasteiger partial charge in [-0.05, 0) is 113 Å². The molecule has 0 amide bonds. The first kappa shape index (κ1) is 30.6.